The molecule has 0 fully saturated rings. The average Bonchev–Trinajstić information content (AvgIpc) is 3.40. The first kappa shape index (κ1) is 42.4. The van der Waals surface area contributed by atoms with Crippen molar-refractivity contribution >= 4 is 0 Å². The van der Waals surface area contributed by atoms with Gasteiger partial charge in [-0.15, -0.1) is 0 Å². The Balaban J connectivity index is 1.02. The lowest BCUT2D eigenvalue weighted by Crippen LogP contribution is -1.98. The molecule has 3 aromatic heterocycles. The third-order valence-electron chi connectivity index (χ3n) is 12.6. The molecule has 0 saturated heterocycles. The molecule has 0 radical (unpaired) electrons. The fraction of sp³-hybridized carbons (Fsp3) is 0.0794. The van der Waals surface area contributed by atoms with Gasteiger partial charge in [0.05, 0.1) is 28.7 Å². The summed E-state index contributed by atoms with van der Waals surface area (Å²) < 4.78 is 0. The Morgan fingerprint density at radius 2 is 0.851 bits per heavy atom. The van der Waals surface area contributed by atoms with Crippen molar-refractivity contribution in [1.82, 2.24) is 15.0 Å². The minimum atomic E-state index is 0.632. The van der Waals surface area contributed by atoms with Gasteiger partial charge < -0.3 is 0 Å². The van der Waals surface area contributed by atoms with E-state index in [-0.39, 0.29) is 0 Å². The van der Waals surface area contributed by atoms with Crippen molar-refractivity contribution < 1.29 is 0 Å². The molecular weight excluding hydrogens is 813 g/mol. The number of benzene rings is 7. The van der Waals surface area contributed by atoms with Crippen LogP contribution in [0.3, 0.4) is 0 Å². The molecule has 0 N–H and O–H groups in total. The molecule has 4 heteroatoms. The van der Waals surface area contributed by atoms with Crippen LogP contribution in [0.15, 0.2) is 225 Å². The van der Waals surface area contributed by atoms with Gasteiger partial charge in [-0.25, -0.2) is 0 Å². The summed E-state index contributed by atoms with van der Waals surface area (Å²) >= 11 is 0. The van der Waals surface area contributed by atoms with Crippen LogP contribution in [0.2, 0.25) is 0 Å². The second-order valence-electron chi connectivity index (χ2n) is 17.1. The smallest absolute Gasteiger partial charge is 0.0991 e. The minimum Gasteiger partial charge on any atom is -0.256 e. The molecule has 4 nitrogen and oxygen atoms in total. The van der Waals surface area contributed by atoms with Gasteiger partial charge in [0.1, 0.15) is 0 Å². The van der Waals surface area contributed by atoms with Crippen LogP contribution in [0.4, 0.5) is 0 Å². The number of aromatic nitrogens is 3. The number of hydrogen-bond donors (Lipinski definition) is 0. The van der Waals surface area contributed by atoms with Crippen LogP contribution in [0.25, 0.3) is 78.3 Å². The van der Waals surface area contributed by atoms with E-state index in [1.54, 1.807) is 0 Å². The van der Waals surface area contributed by atoms with Gasteiger partial charge in [0, 0.05) is 35.3 Å². The molecule has 10 aromatic rings. The normalized spacial score (nSPS) is 11.0. The Kier molecular flexibility index (Phi) is 12.5. The van der Waals surface area contributed by atoms with Crippen molar-refractivity contribution in [1.29, 1.82) is 5.26 Å². The maximum absolute atomic E-state index is 9.73. The summed E-state index contributed by atoms with van der Waals surface area (Å²) in [5.74, 6) is 0. The van der Waals surface area contributed by atoms with Crippen LogP contribution in [-0.2, 0) is 25.7 Å². The number of pyridine rings is 3. The Labute approximate surface area is 393 Å². The lowest BCUT2D eigenvalue weighted by molar-refractivity contribution is 0.931. The molecule has 7 aromatic carbocycles. The van der Waals surface area contributed by atoms with E-state index in [4.69, 9.17) is 4.98 Å². The largest absolute Gasteiger partial charge is 0.256 e. The van der Waals surface area contributed by atoms with Gasteiger partial charge in [0.25, 0.3) is 0 Å². The maximum atomic E-state index is 9.73. The van der Waals surface area contributed by atoms with E-state index in [0.29, 0.717) is 5.56 Å². The Hall–Kier alpha value is -8.52. The molecular formula is C63H48N4. The van der Waals surface area contributed by atoms with E-state index in [2.05, 4.69) is 187 Å². The molecule has 10 rings (SSSR count). The van der Waals surface area contributed by atoms with Crippen molar-refractivity contribution in [3.63, 3.8) is 0 Å². The highest BCUT2D eigenvalue weighted by Gasteiger charge is 2.17. The zero-order valence-electron chi connectivity index (χ0n) is 37.5. The monoisotopic (exact) mass is 860 g/mol. The summed E-state index contributed by atoms with van der Waals surface area (Å²) in [4.78, 5) is 14.1. The highest BCUT2D eigenvalue weighted by molar-refractivity contribution is 5.93. The second kappa shape index (κ2) is 19.7. The molecule has 0 bridgehead atoms. The molecule has 320 valence electrons. The second-order valence-corrected chi connectivity index (χ2v) is 17.1. The van der Waals surface area contributed by atoms with E-state index < -0.39 is 0 Å². The zero-order chi connectivity index (χ0) is 45.4. The summed E-state index contributed by atoms with van der Waals surface area (Å²) in [6.45, 7) is 2.12. The Bertz CT molecular complexity index is 3210. The molecule has 3 heterocycles. The summed E-state index contributed by atoms with van der Waals surface area (Å²) in [6, 6.07) is 75.4. The SMILES string of the molecule is Cc1cnc(-c2ccc(-c3ccccc3-c3cc(CCc4ccc(-c5ccccn5)cc4)cc(CCc4ccc(-c5ccccn5)cc4)c3)c(-c3ccc(C#N)cc3)c2)cc1-c1ccccc1. The lowest BCUT2D eigenvalue weighted by Gasteiger charge is -2.18. The van der Waals surface area contributed by atoms with Crippen LogP contribution < -0.4 is 0 Å². The number of rotatable bonds is 13. The zero-order valence-corrected chi connectivity index (χ0v) is 37.5. The van der Waals surface area contributed by atoms with Gasteiger partial charge in [-0.05, 0) is 153 Å². The van der Waals surface area contributed by atoms with Crippen molar-refractivity contribution in [3.05, 3.63) is 258 Å². The minimum absolute atomic E-state index is 0.632. The lowest BCUT2D eigenvalue weighted by atomic mass is 9.86. The van der Waals surface area contributed by atoms with E-state index in [0.717, 1.165) is 87.3 Å². The first-order valence-corrected chi connectivity index (χ1v) is 22.9. The van der Waals surface area contributed by atoms with E-state index in [1.807, 2.05) is 61.1 Å². The molecule has 0 saturated carbocycles. The molecule has 0 aliphatic heterocycles. The van der Waals surface area contributed by atoms with Gasteiger partial charge in [0.2, 0.25) is 0 Å². The molecule has 0 aliphatic carbocycles. The van der Waals surface area contributed by atoms with Gasteiger partial charge in [0.15, 0.2) is 0 Å². The highest BCUT2D eigenvalue weighted by atomic mass is 14.7. The first-order valence-electron chi connectivity index (χ1n) is 22.9. The quantitative estimate of drug-likeness (QED) is 0.116. The van der Waals surface area contributed by atoms with Gasteiger partial charge in [-0.1, -0.05) is 158 Å². The van der Waals surface area contributed by atoms with Crippen LogP contribution in [0.1, 0.15) is 33.4 Å². The fourth-order valence-corrected chi connectivity index (χ4v) is 9.02. The Morgan fingerprint density at radius 1 is 0.343 bits per heavy atom. The molecule has 0 aliphatic rings. The van der Waals surface area contributed by atoms with Crippen molar-refractivity contribution in [2.75, 3.05) is 0 Å². The van der Waals surface area contributed by atoms with Crippen LogP contribution in [0, 0.1) is 18.3 Å². The number of nitrogens with zero attached hydrogens (tertiary/aromatic N) is 4. The van der Waals surface area contributed by atoms with Gasteiger partial charge in [-0.2, -0.15) is 5.26 Å². The van der Waals surface area contributed by atoms with Crippen molar-refractivity contribution in [3.8, 4) is 84.3 Å². The van der Waals surface area contributed by atoms with E-state index in [9.17, 15) is 5.26 Å². The van der Waals surface area contributed by atoms with Gasteiger partial charge >= 0.3 is 0 Å². The number of nitriles is 1. The fourth-order valence-electron chi connectivity index (χ4n) is 9.02. The van der Waals surface area contributed by atoms with Gasteiger partial charge in [-0.3, -0.25) is 15.0 Å². The Morgan fingerprint density at radius 3 is 1.43 bits per heavy atom. The molecule has 0 atom stereocenters. The molecule has 0 spiro atoms. The molecule has 0 unspecified atom stereocenters. The highest BCUT2D eigenvalue weighted by Crippen LogP contribution is 2.41. The van der Waals surface area contributed by atoms with Crippen molar-refractivity contribution in [2.24, 2.45) is 0 Å². The molecule has 67 heavy (non-hydrogen) atoms. The van der Waals surface area contributed by atoms with E-state index >= 15 is 0 Å². The van der Waals surface area contributed by atoms with Crippen molar-refractivity contribution in [2.45, 2.75) is 32.6 Å². The van der Waals surface area contributed by atoms with Crippen LogP contribution in [-0.4, -0.2) is 15.0 Å². The summed E-state index contributed by atoms with van der Waals surface area (Å²) in [5.41, 5.74) is 22.2. The predicted octanol–water partition coefficient (Wildman–Crippen LogP) is 15.3. The maximum Gasteiger partial charge on any atom is 0.0991 e. The van der Waals surface area contributed by atoms with E-state index in [1.165, 1.54) is 44.5 Å². The average molecular weight is 861 g/mol. The predicted molar refractivity (Wildman–Crippen MR) is 275 cm³/mol. The summed E-state index contributed by atoms with van der Waals surface area (Å²) in [5, 5.41) is 9.73. The summed E-state index contributed by atoms with van der Waals surface area (Å²) in [6.07, 6.45) is 9.32. The van der Waals surface area contributed by atoms with Crippen LogP contribution in [0.5, 0.6) is 0 Å². The van der Waals surface area contributed by atoms with Crippen LogP contribution >= 0.6 is 0 Å². The summed E-state index contributed by atoms with van der Waals surface area (Å²) in [7, 11) is 0. The topological polar surface area (TPSA) is 62.5 Å². The third kappa shape index (κ3) is 9.78. The number of hydrogen-bond acceptors (Lipinski definition) is 4. The number of aryl methyl sites for hydroxylation is 5. The first-order chi connectivity index (χ1) is 33.0. The molecule has 0 amide bonds. The standard InChI is InChI=1S/C63H48N4/c1-44-43-67-63(41-59(44)50-11-3-2-4-12-50)54-33-34-58(60(40-54)51-27-25-47(42-64)26-28-51)57-14-6-5-13-56(57)55-38-48(19-17-45-21-29-52(30-22-45)61-15-7-9-35-65-61)37-49(39-55)20-18-46-23-31-53(32-24-46)62-16-8-10-36-66-62/h2-16,21-41,43H,17-20H2,1H3. The third-order valence-corrected chi connectivity index (χ3v) is 12.6.